The van der Waals surface area contributed by atoms with Crippen molar-refractivity contribution in [1.29, 1.82) is 0 Å². The van der Waals surface area contributed by atoms with Crippen LogP contribution in [-0.4, -0.2) is 54.1 Å². The third-order valence-electron chi connectivity index (χ3n) is 6.47. The average molecular weight is 279 g/mol. The Hall–Kier alpha value is -0.120. The second-order valence-corrected chi connectivity index (χ2v) is 7.30. The monoisotopic (exact) mass is 279 g/mol. The molecule has 3 fully saturated rings. The number of nitrogens with two attached hydrogens (primary N) is 1. The van der Waals surface area contributed by atoms with E-state index in [1.54, 1.807) is 0 Å². The van der Waals surface area contributed by atoms with E-state index in [0.29, 0.717) is 5.54 Å². The Morgan fingerprint density at radius 3 is 2.70 bits per heavy atom. The van der Waals surface area contributed by atoms with Crippen molar-refractivity contribution < 1.29 is 0 Å². The minimum Gasteiger partial charge on any atom is -0.329 e. The first-order valence-corrected chi connectivity index (χ1v) is 8.99. The lowest BCUT2D eigenvalue weighted by Crippen LogP contribution is -2.62. The van der Waals surface area contributed by atoms with Gasteiger partial charge in [-0.25, -0.2) is 0 Å². The highest BCUT2D eigenvalue weighted by Crippen LogP contribution is 2.40. The number of likely N-dealkylation sites (tertiary alicyclic amines) is 1. The predicted molar refractivity (Wildman–Crippen MR) is 84.8 cm³/mol. The molecule has 0 bridgehead atoms. The zero-order valence-electron chi connectivity index (χ0n) is 13.3. The normalized spacial score (nSPS) is 40.5. The maximum atomic E-state index is 6.36. The van der Waals surface area contributed by atoms with Gasteiger partial charge in [-0.2, -0.15) is 0 Å². The molecule has 3 heterocycles. The number of nitrogens with zero attached hydrogens (tertiary/aromatic N) is 2. The molecule has 3 atom stereocenters. The molecule has 0 amide bonds. The Bertz CT molecular complexity index is 319. The van der Waals surface area contributed by atoms with Crippen molar-refractivity contribution in [3.8, 4) is 0 Å². The average Bonchev–Trinajstić information content (AvgIpc) is 2.71. The van der Waals surface area contributed by atoms with Crippen molar-refractivity contribution in [1.82, 2.24) is 9.80 Å². The van der Waals surface area contributed by atoms with Gasteiger partial charge in [-0.15, -0.1) is 0 Å². The summed E-state index contributed by atoms with van der Waals surface area (Å²) >= 11 is 0. The highest BCUT2D eigenvalue weighted by Gasteiger charge is 2.50. The Labute approximate surface area is 124 Å². The molecule has 0 aromatic heterocycles. The molecule has 3 rings (SSSR count). The predicted octanol–water partition coefficient (Wildman–Crippen LogP) is 2.45. The van der Waals surface area contributed by atoms with E-state index in [4.69, 9.17) is 5.73 Å². The summed E-state index contributed by atoms with van der Waals surface area (Å²) in [6.45, 7) is 8.41. The van der Waals surface area contributed by atoms with E-state index < -0.39 is 0 Å². The molecular formula is C17H33N3. The Balaban J connectivity index is 1.75. The summed E-state index contributed by atoms with van der Waals surface area (Å²) in [6, 6.07) is 0.749. The zero-order valence-corrected chi connectivity index (χ0v) is 13.3. The molecule has 0 aliphatic carbocycles. The van der Waals surface area contributed by atoms with Crippen molar-refractivity contribution >= 4 is 0 Å². The second kappa shape index (κ2) is 6.33. The van der Waals surface area contributed by atoms with Crippen LogP contribution in [0.2, 0.25) is 0 Å². The molecule has 3 nitrogen and oxygen atoms in total. The lowest BCUT2D eigenvalue weighted by molar-refractivity contribution is 0.0390. The number of piperidine rings is 1. The number of hydrogen-bond donors (Lipinski definition) is 1. The SMILES string of the molecule is CCC1CCCN(C2(CN)CCN3CCCCC32)CC1. The van der Waals surface area contributed by atoms with Crippen molar-refractivity contribution in [2.24, 2.45) is 11.7 Å². The maximum Gasteiger partial charge on any atom is 0.0498 e. The summed E-state index contributed by atoms with van der Waals surface area (Å²) in [6.07, 6.45) is 11.1. The summed E-state index contributed by atoms with van der Waals surface area (Å²) in [4.78, 5) is 5.57. The minimum absolute atomic E-state index is 0.309. The number of hydrogen-bond acceptors (Lipinski definition) is 3. The van der Waals surface area contributed by atoms with Crippen LogP contribution >= 0.6 is 0 Å². The van der Waals surface area contributed by atoms with E-state index >= 15 is 0 Å². The Morgan fingerprint density at radius 2 is 1.90 bits per heavy atom. The smallest absolute Gasteiger partial charge is 0.0498 e. The Kier molecular flexibility index (Phi) is 4.68. The molecule has 3 saturated heterocycles. The van der Waals surface area contributed by atoms with Crippen LogP contribution in [-0.2, 0) is 0 Å². The van der Waals surface area contributed by atoms with Crippen LogP contribution < -0.4 is 5.73 Å². The maximum absolute atomic E-state index is 6.36. The van der Waals surface area contributed by atoms with Crippen molar-refractivity contribution in [2.45, 2.75) is 69.9 Å². The molecule has 0 radical (unpaired) electrons. The Morgan fingerprint density at radius 1 is 1.00 bits per heavy atom. The van der Waals surface area contributed by atoms with Gasteiger partial charge in [0.25, 0.3) is 0 Å². The molecule has 3 aliphatic rings. The summed E-state index contributed by atoms with van der Waals surface area (Å²) in [5.41, 5.74) is 6.67. The molecule has 20 heavy (non-hydrogen) atoms. The number of rotatable bonds is 3. The summed E-state index contributed by atoms with van der Waals surface area (Å²) < 4.78 is 0. The fraction of sp³-hybridized carbons (Fsp3) is 1.00. The van der Waals surface area contributed by atoms with Crippen LogP contribution in [0.4, 0.5) is 0 Å². The lowest BCUT2D eigenvalue weighted by Gasteiger charge is -2.47. The van der Waals surface area contributed by atoms with Gasteiger partial charge in [0.05, 0.1) is 0 Å². The molecular weight excluding hydrogens is 246 g/mol. The molecule has 3 aliphatic heterocycles. The van der Waals surface area contributed by atoms with Crippen LogP contribution in [0, 0.1) is 5.92 Å². The standard InChI is InChI=1S/C17H33N3/c1-2-15-6-5-11-20(12-8-15)17(14-18)9-13-19-10-4-3-7-16(17)19/h15-16H,2-14,18H2,1H3. The highest BCUT2D eigenvalue weighted by molar-refractivity contribution is 5.09. The molecule has 3 heteroatoms. The fourth-order valence-electron chi connectivity index (χ4n) is 5.13. The van der Waals surface area contributed by atoms with Gasteiger partial charge >= 0.3 is 0 Å². The highest BCUT2D eigenvalue weighted by atomic mass is 15.3. The third kappa shape index (κ3) is 2.53. The van der Waals surface area contributed by atoms with Crippen LogP contribution in [0.5, 0.6) is 0 Å². The van der Waals surface area contributed by atoms with Gasteiger partial charge in [0, 0.05) is 24.7 Å². The molecule has 0 saturated carbocycles. The van der Waals surface area contributed by atoms with Crippen molar-refractivity contribution in [3.63, 3.8) is 0 Å². The summed E-state index contributed by atoms with van der Waals surface area (Å²) in [7, 11) is 0. The largest absolute Gasteiger partial charge is 0.329 e. The fourth-order valence-corrected chi connectivity index (χ4v) is 5.13. The first-order chi connectivity index (χ1) is 9.80. The van der Waals surface area contributed by atoms with Gasteiger partial charge in [-0.05, 0) is 64.1 Å². The van der Waals surface area contributed by atoms with Crippen molar-refractivity contribution in [2.75, 3.05) is 32.7 Å². The van der Waals surface area contributed by atoms with Crippen LogP contribution in [0.3, 0.4) is 0 Å². The quantitative estimate of drug-likeness (QED) is 0.861. The van der Waals surface area contributed by atoms with Crippen LogP contribution in [0.25, 0.3) is 0 Å². The van der Waals surface area contributed by atoms with E-state index in [1.165, 1.54) is 77.5 Å². The van der Waals surface area contributed by atoms with Gasteiger partial charge in [0.15, 0.2) is 0 Å². The van der Waals surface area contributed by atoms with Crippen LogP contribution in [0.15, 0.2) is 0 Å². The third-order valence-corrected chi connectivity index (χ3v) is 6.47. The van der Waals surface area contributed by atoms with Gasteiger partial charge < -0.3 is 5.73 Å². The molecule has 0 aromatic carbocycles. The van der Waals surface area contributed by atoms with Gasteiger partial charge in [-0.3, -0.25) is 9.80 Å². The van der Waals surface area contributed by atoms with E-state index in [0.717, 1.165) is 18.5 Å². The minimum atomic E-state index is 0.309. The zero-order chi connectivity index (χ0) is 14.0. The van der Waals surface area contributed by atoms with Gasteiger partial charge in [-0.1, -0.05) is 19.8 Å². The summed E-state index contributed by atoms with van der Waals surface area (Å²) in [5.74, 6) is 0.957. The van der Waals surface area contributed by atoms with E-state index in [-0.39, 0.29) is 0 Å². The molecule has 0 spiro atoms. The molecule has 116 valence electrons. The van der Waals surface area contributed by atoms with E-state index in [9.17, 15) is 0 Å². The van der Waals surface area contributed by atoms with Gasteiger partial charge in [0.1, 0.15) is 0 Å². The van der Waals surface area contributed by atoms with Crippen molar-refractivity contribution in [3.05, 3.63) is 0 Å². The first-order valence-electron chi connectivity index (χ1n) is 8.99. The van der Waals surface area contributed by atoms with Gasteiger partial charge in [0.2, 0.25) is 0 Å². The summed E-state index contributed by atoms with van der Waals surface area (Å²) in [5, 5.41) is 0. The first kappa shape index (κ1) is 14.8. The number of fused-ring (bicyclic) bond motifs is 1. The molecule has 0 aromatic rings. The van der Waals surface area contributed by atoms with E-state index in [1.807, 2.05) is 0 Å². The molecule has 3 unspecified atom stereocenters. The van der Waals surface area contributed by atoms with Crippen LogP contribution in [0.1, 0.15) is 58.3 Å². The lowest BCUT2D eigenvalue weighted by atomic mass is 9.83. The topological polar surface area (TPSA) is 32.5 Å². The molecule has 2 N–H and O–H groups in total. The van der Waals surface area contributed by atoms with E-state index in [2.05, 4.69) is 16.7 Å². The second-order valence-electron chi connectivity index (χ2n) is 7.30.